The van der Waals surface area contributed by atoms with Gasteiger partial charge in [0.1, 0.15) is 11.9 Å². The summed E-state index contributed by atoms with van der Waals surface area (Å²) in [5.74, 6) is 7.44. The highest BCUT2D eigenvalue weighted by Crippen LogP contribution is 2.29. The molecule has 0 bridgehead atoms. The molecule has 0 N–H and O–H groups in total. The van der Waals surface area contributed by atoms with Crippen LogP contribution in [0.2, 0.25) is 0 Å². The van der Waals surface area contributed by atoms with Crippen LogP contribution in [0.1, 0.15) is 29.5 Å². The summed E-state index contributed by atoms with van der Waals surface area (Å²) in [5, 5.41) is 18.3. The number of nitrogens with zero attached hydrogens (tertiary/aromatic N) is 5. The molecule has 27 heavy (non-hydrogen) atoms. The number of hydrogen-bond acceptors (Lipinski definition) is 5. The summed E-state index contributed by atoms with van der Waals surface area (Å²) in [4.78, 5) is 9.14. The fraction of sp³-hybridized carbons (Fsp3) is 0.318. The van der Waals surface area contributed by atoms with Crippen LogP contribution >= 0.6 is 0 Å². The lowest BCUT2D eigenvalue weighted by Gasteiger charge is -2.39. The van der Waals surface area contributed by atoms with Crippen molar-refractivity contribution >= 4 is 5.82 Å². The third-order valence-corrected chi connectivity index (χ3v) is 5.28. The van der Waals surface area contributed by atoms with Crippen LogP contribution in [0.4, 0.5) is 5.82 Å². The van der Waals surface area contributed by atoms with Gasteiger partial charge in [0.25, 0.3) is 0 Å². The summed E-state index contributed by atoms with van der Waals surface area (Å²) >= 11 is 0. The quantitative estimate of drug-likeness (QED) is 0.737. The van der Waals surface area contributed by atoms with E-state index in [1.54, 1.807) is 18.3 Å². The Bertz CT molecular complexity index is 988. The maximum absolute atomic E-state index is 9.33. The van der Waals surface area contributed by atoms with E-state index in [-0.39, 0.29) is 6.04 Å². The van der Waals surface area contributed by atoms with Crippen molar-refractivity contribution in [3.05, 3.63) is 59.3 Å². The van der Waals surface area contributed by atoms with Crippen molar-refractivity contribution in [1.29, 1.82) is 10.5 Å². The average molecular weight is 353 g/mol. The number of aromatic nitrogens is 1. The van der Waals surface area contributed by atoms with Gasteiger partial charge in [0.05, 0.1) is 23.2 Å². The van der Waals surface area contributed by atoms with Crippen molar-refractivity contribution in [2.24, 2.45) is 0 Å². The molecule has 2 saturated heterocycles. The fourth-order valence-electron chi connectivity index (χ4n) is 3.97. The van der Waals surface area contributed by atoms with Gasteiger partial charge in [-0.2, -0.15) is 10.5 Å². The lowest BCUT2D eigenvalue weighted by Crippen LogP contribution is -2.52. The van der Waals surface area contributed by atoms with E-state index in [0.717, 1.165) is 43.9 Å². The summed E-state index contributed by atoms with van der Waals surface area (Å²) in [6.07, 6.45) is 3.90. The Labute approximate surface area is 159 Å². The van der Waals surface area contributed by atoms with Crippen LogP contribution in [0.15, 0.2) is 42.6 Å². The zero-order chi connectivity index (χ0) is 18.6. The molecule has 4 rings (SSSR count). The summed E-state index contributed by atoms with van der Waals surface area (Å²) in [6.45, 7) is 2.65. The van der Waals surface area contributed by atoms with E-state index in [4.69, 9.17) is 5.26 Å². The molecule has 0 radical (unpaired) electrons. The standard InChI is InChI=1S/C22H19N5/c23-14-18-4-1-3-17(13-18)6-7-20-8-9-21-16-26(11-12-27(20)21)22-19(15-24)5-2-10-25-22/h1-5,10,13,20-21H,8-9,11-12,16H2/t20-,21?/m0/s1. The van der Waals surface area contributed by atoms with E-state index in [1.807, 2.05) is 24.3 Å². The minimum atomic E-state index is 0.252. The Morgan fingerprint density at radius 3 is 2.74 bits per heavy atom. The van der Waals surface area contributed by atoms with Crippen LogP contribution in [-0.2, 0) is 0 Å². The molecule has 2 aliphatic rings. The van der Waals surface area contributed by atoms with E-state index in [2.05, 4.69) is 38.8 Å². The van der Waals surface area contributed by atoms with Gasteiger partial charge in [-0.3, -0.25) is 4.90 Å². The molecule has 132 valence electrons. The topological polar surface area (TPSA) is 67.0 Å². The Hall–Kier alpha value is -3.33. The Balaban J connectivity index is 1.47. The number of benzene rings is 1. The van der Waals surface area contributed by atoms with Gasteiger partial charge >= 0.3 is 0 Å². The molecule has 2 fully saturated rings. The third kappa shape index (κ3) is 3.49. The number of rotatable bonds is 1. The van der Waals surface area contributed by atoms with Gasteiger partial charge in [-0.15, -0.1) is 0 Å². The molecule has 1 aromatic carbocycles. The maximum Gasteiger partial charge on any atom is 0.146 e. The van der Waals surface area contributed by atoms with Crippen LogP contribution in [0, 0.1) is 34.5 Å². The number of nitriles is 2. The lowest BCUT2D eigenvalue weighted by molar-refractivity contribution is 0.202. The Morgan fingerprint density at radius 1 is 1.00 bits per heavy atom. The first-order valence-electron chi connectivity index (χ1n) is 9.16. The van der Waals surface area contributed by atoms with E-state index in [1.165, 1.54) is 0 Å². The van der Waals surface area contributed by atoms with E-state index in [0.29, 0.717) is 17.2 Å². The lowest BCUT2D eigenvalue weighted by atomic mass is 10.1. The molecule has 2 atom stereocenters. The highest BCUT2D eigenvalue weighted by atomic mass is 15.3. The molecule has 2 aliphatic heterocycles. The zero-order valence-corrected chi connectivity index (χ0v) is 15.0. The monoisotopic (exact) mass is 353 g/mol. The first-order chi connectivity index (χ1) is 13.3. The highest BCUT2D eigenvalue weighted by molar-refractivity contribution is 5.54. The SMILES string of the molecule is N#Cc1cccc(C#C[C@H]2CCC3CN(c4ncccc4C#N)CCN32)c1. The second-order valence-electron chi connectivity index (χ2n) is 6.88. The van der Waals surface area contributed by atoms with Gasteiger partial charge in [0, 0.05) is 37.4 Å². The first-order valence-corrected chi connectivity index (χ1v) is 9.16. The molecular weight excluding hydrogens is 334 g/mol. The van der Waals surface area contributed by atoms with Gasteiger partial charge in [0.2, 0.25) is 0 Å². The van der Waals surface area contributed by atoms with Gasteiger partial charge < -0.3 is 4.90 Å². The molecular formula is C22H19N5. The van der Waals surface area contributed by atoms with Crippen LogP contribution in [0.5, 0.6) is 0 Å². The number of fused-ring (bicyclic) bond motifs is 1. The fourth-order valence-corrected chi connectivity index (χ4v) is 3.97. The van der Waals surface area contributed by atoms with E-state index >= 15 is 0 Å². The normalized spacial score (nSPS) is 21.5. The van der Waals surface area contributed by atoms with Crippen LogP contribution in [0.3, 0.4) is 0 Å². The first kappa shape index (κ1) is 17.1. The highest BCUT2D eigenvalue weighted by Gasteiger charge is 2.37. The van der Waals surface area contributed by atoms with Crippen molar-refractivity contribution in [2.45, 2.75) is 24.9 Å². The van der Waals surface area contributed by atoms with Gasteiger partial charge in [0.15, 0.2) is 0 Å². The van der Waals surface area contributed by atoms with Crippen LogP contribution in [0.25, 0.3) is 0 Å². The number of anilines is 1. The smallest absolute Gasteiger partial charge is 0.146 e. The molecule has 0 aliphatic carbocycles. The number of piperazine rings is 1. The van der Waals surface area contributed by atoms with Crippen molar-refractivity contribution < 1.29 is 0 Å². The van der Waals surface area contributed by atoms with Crippen LogP contribution < -0.4 is 4.90 Å². The molecule has 0 amide bonds. The molecule has 2 aromatic rings. The summed E-state index contributed by atoms with van der Waals surface area (Å²) in [6, 6.07) is 16.2. The van der Waals surface area contributed by atoms with Crippen molar-refractivity contribution in [3.63, 3.8) is 0 Å². The summed E-state index contributed by atoms with van der Waals surface area (Å²) < 4.78 is 0. The van der Waals surface area contributed by atoms with Crippen molar-refractivity contribution in [3.8, 4) is 24.0 Å². The average Bonchev–Trinajstić information content (AvgIpc) is 3.14. The molecule has 5 heteroatoms. The molecule has 0 saturated carbocycles. The minimum absolute atomic E-state index is 0.252. The van der Waals surface area contributed by atoms with Crippen molar-refractivity contribution in [1.82, 2.24) is 9.88 Å². The van der Waals surface area contributed by atoms with Gasteiger partial charge in [-0.1, -0.05) is 17.9 Å². The largest absolute Gasteiger partial charge is 0.353 e. The second-order valence-corrected chi connectivity index (χ2v) is 6.88. The predicted molar refractivity (Wildman–Crippen MR) is 103 cm³/mol. The van der Waals surface area contributed by atoms with E-state index in [9.17, 15) is 5.26 Å². The van der Waals surface area contributed by atoms with Crippen LogP contribution in [-0.4, -0.2) is 41.6 Å². The van der Waals surface area contributed by atoms with E-state index < -0.39 is 0 Å². The molecule has 3 heterocycles. The number of hydrogen-bond donors (Lipinski definition) is 0. The Morgan fingerprint density at radius 2 is 1.89 bits per heavy atom. The van der Waals surface area contributed by atoms with Crippen molar-refractivity contribution in [2.75, 3.05) is 24.5 Å². The maximum atomic E-state index is 9.33. The minimum Gasteiger partial charge on any atom is -0.353 e. The molecule has 5 nitrogen and oxygen atoms in total. The van der Waals surface area contributed by atoms with Gasteiger partial charge in [-0.25, -0.2) is 4.98 Å². The molecule has 0 spiro atoms. The predicted octanol–water partition coefficient (Wildman–Crippen LogP) is 2.53. The summed E-state index contributed by atoms with van der Waals surface area (Å²) in [7, 11) is 0. The molecule has 1 aromatic heterocycles. The zero-order valence-electron chi connectivity index (χ0n) is 15.0. The van der Waals surface area contributed by atoms with Gasteiger partial charge in [-0.05, 0) is 43.2 Å². The number of pyridine rings is 1. The Kier molecular flexibility index (Phi) is 4.75. The summed E-state index contributed by atoms with van der Waals surface area (Å²) in [5.41, 5.74) is 2.17. The second kappa shape index (κ2) is 7.50. The molecule has 1 unspecified atom stereocenters. The third-order valence-electron chi connectivity index (χ3n) is 5.28.